The first-order chi connectivity index (χ1) is 12.5. The highest BCUT2D eigenvalue weighted by Gasteiger charge is 2.18. The molecule has 0 atom stereocenters. The highest BCUT2D eigenvalue weighted by molar-refractivity contribution is 6.06. The summed E-state index contributed by atoms with van der Waals surface area (Å²) in [6.07, 6.45) is 1.45. The van der Waals surface area contributed by atoms with Gasteiger partial charge in [0, 0.05) is 29.4 Å². The van der Waals surface area contributed by atoms with Gasteiger partial charge in [-0.2, -0.15) is 0 Å². The van der Waals surface area contributed by atoms with E-state index in [2.05, 4.69) is 10.3 Å². The maximum Gasteiger partial charge on any atom is 0.341 e. The number of hydrogen-bond donors (Lipinski definition) is 1. The largest absolute Gasteiger partial charge is 0.462 e. The number of ether oxygens (including phenoxy) is 1. The lowest BCUT2D eigenvalue weighted by molar-refractivity contribution is -0.384. The van der Waals surface area contributed by atoms with Crippen molar-refractivity contribution in [2.75, 3.05) is 11.9 Å². The van der Waals surface area contributed by atoms with Crippen LogP contribution in [0.25, 0.3) is 10.9 Å². The van der Waals surface area contributed by atoms with Crippen molar-refractivity contribution in [3.8, 4) is 0 Å². The third kappa shape index (κ3) is 3.46. The Morgan fingerprint density at radius 3 is 2.81 bits per heavy atom. The fourth-order valence-electron chi connectivity index (χ4n) is 2.65. The topological polar surface area (TPSA) is 94.4 Å². The van der Waals surface area contributed by atoms with Crippen molar-refractivity contribution in [1.82, 2.24) is 4.98 Å². The molecule has 0 unspecified atom stereocenters. The van der Waals surface area contributed by atoms with Crippen molar-refractivity contribution in [2.45, 2.75) is 13.8 Å². The van der Waals surface area contributed by atoms with Gasteiger partial charge in [-0.05, 0) is 32.0 Å². The van der Waals surface area contributed by atoms with E-state index in [9.17, 15) is 14.9 Å². The number of nitrogens with zero attached hydrogens (tertiary/aromatic N) is 2. The van der Waals surface area contributed by atoms with Crippen LogP contribution in [0.4, 0.5) is 17.1 Å². The minimum atomic E-state index is -0.503. The molecule has 1 aromatic heterocycles. The van der Waals surface area contributed by atoms with Crippen molar-refractivity contribution in [3.63, 3.8) is 0 Å². The van der Waals surface area contributed by atoms with E-state index in [4.69, 9.17) is 4.74 Å². The average molecular weight is 351 g/mol. The van der Waals surface area contributed by atoms with Gasteiger partial charge in [-0.1, -0.05) is 17.7 Å². The minimum absolute atomic E-state index is 0.0396. The zero-order valence-corrected chi connectivity index (χ0v) is 14.4. The fraction of sp³-hybridized carbons (Fsp3) is 0.158. The van der Waals surface area contributed by atoms with Crippen molar-refractivity contribution < 1.29 is 14.5 Å². The summed E-state index contributed by atoms with van der Waals surface area (Å²) in [6.45, 7) is 3.90. The number of benzene rings is 2. The Hall–Kier alpha value is -3.48. The molecule has 7 heteroatoms. The number of nitro groups is 1. The number of nitrogens with one attached hydrogen (secondary N) is 1. The number of nitro benzene ring substituents is 1. The number of hydrogen-bond acceptors (Lipinski definition) is 6. The molecule has 3 aromatic rings. The number of carbonyl (C=O) groups excluding carboxylic acids is 1. The molecule has 0 fully saturated rings. The molecule has 0 amide bonds. The first-order valence-electron chi connectivity index (χ1n) is 8.07. The predicted molar refractivity (Wildman–Crippen MR) is 98.8 cm³/mol. The van der Waals surface area contributed by atoms with E-state index in [1.807, 2.05) is 25.1 Å². The summed E-state index contributed by atoms with van der Waals surface area (Å²) in [5, 5.41) is 14.9. The zero-order chi connectivity index (χ0) is 18.7. The fourth-order valence-corrected chi connectivity index (χ4v) is 2.65. The first-order valence-corrected chi connectivity index (χ1v) is 8.07. The Morgan fingerprint density at radius 2 is 2.08 bits per heavy atom. The highest BCUT2D eigenvalue weighted by Crippen LogP contribution is 2.31. The van der Waals surface area contributed by atoms with Gasteiger partial charge in [-0.25, -0.2) is 4.79 Å². The van der Waals surface area contributed by atoms with Crippen LogP contribution >= 0.6 is 0 Å². The Bertz CT molecular complexity index is 1000. The molecule has 1 heterocycles. The molecule has 0 aliphatic carbocycles. The molecule has 2 aromatic carbocycles. The van der Waals surface area contributed by atoms with Crippen LogP contribution in [0.2, 0.25) is 0 Å². The van der Waals surface area contributed by atoms with Crippen molar-refractivity contribution >= 4 is 33.9 Å². The summed E-state index contributed by atoms with van der Waals surface area (Å²) in [5.41, 5.74) is 2.95. The third-order valence-corrected chi connectivity index (χ3v) is 3.85. The number of anilines is 2. The van der Waals surface area contributed by atoms with Crippen LogP contribution in [0.1, 0.15) is 22.8 Å². The van der Waals surface area contributed by atoms with Gasteiger partial charge in [0.05, 0.1) is 22.7 Å². The minimum Gasteiger partial charge on any atom is -0.462 e. The van der Waals surface area contributed by atoms with Gasteiger partial charge < -0.3 is 10.1 Å². The van der Waals surface area contributed by atoms with E-state index in [0.717, 1.165) is 10.9 Å². The van der Waals surface area contributed by atoms with Crippen molar-refractivity contribution in [1.29, 1.82) is 0 Å². The Kier molecular flexibility index (Phi) is 4.79. The molecule has 0 saturated heterocycles. The summed E-state index contributed by atoms with van der Waals surface area (Å²) in [7, 11) is 0. The van der Waals surface area contributed by atoms with E-state index in [1.165, 1.54) is 18.3 Å². The molecule has 3 rings (SSSR count). The normalized spacial score (nSPS) is 10.5. The number of fused-ring (bicyclic) bond motifs is 1. The van der Waals surface area contributed by atoms with Gasteiger partial charge in [-0.3, -0.25) is 15.1 Å². The molecule has 132 valence electrons. The van der Waals surface area contributed by atoms with Crippen LogP contribution in [0.3, 0.4) is 0 Å². The smallest absolute Gasteiger partial charge is 0.341 e. The molecule has 0 aliphatic rings. The molecule has 26 heavy (non-hydrogen) atoms. The Labute approximate surface area is 149 Å². The third-order valence-electron chi connectivity index (χ3n) is 3.85. The second kappa shape index (κ2) is 7.18. The predicted octanol–water partition coefficient (Wildman–Crippen LogP) is 4.37. The quantitative estimate of drug-likeness (QED) is 0.417. The van der Waals surface area contributed by atoms with Gasteiger partial charge in [0.15, 0.2) is 0 Å². The standard InChI is InChI=1S/C19H17N3O4/c1-3-26-19(23)16-11-20-17-8-7-12(2)9-15(17)18(16)21-13-5-4-6-14(10-13)22(24)25/h4-11H,3H2,1-2H3,(H,20,21). The maximum absolute atomic E-state index is 12.3. The van der Waals surface area contributed by atoms with E-state index < -0.39 is 10.9 Å². The van der Waals surface area contributed by atoms with Crippen molar-refractivity contribution in [2.24, 2.45) is 0 Å². The number of rotatable bonds is 5. The van der Waals surface area contributed by atoms with Gasteiger partial charge in [0.1, 0.15) is 5.56 Å². The Balaban J connectivity index is 2.16. The lowest BCUT2D eigenvalue weighted by atomic mass is 10.1. The number of pyridine rings is 1. The molecular formula is C19H17N3O4. The number of esters is 1. The van der Waals surface area contributed by atoms with E-state index in [-0.39, 0.29) is 17.9 Å². The monoisotopic (exact) mass is 351 g/mol. The second-order valence-electron chi connectivity index (χ2n) is 5.72. The Morgan fingerprint density at radius 1 is 1.27 bits per heavy atom. The molecule has 0 radical (unpaired) electrons. The summed E-state index contributed by atoms with van der Waals surface area (Å²) in [5.74, 6) is -0.503. The van der Waals surface area contributed by atoms with Crippen LogP contribution < -0.4 is 5.32 Å². The highest BCUT2D eigenvalue weighted by atomic mass is 16.6. The summed E-state index contributed by atoms with van der Waals surface area (Å²) in [4.78, 5) is 27.2. The number of aromatic nitrogens is 1. The first kappa shape index (κ1) is 17.3. The number of aryl methyl sites for hydroxylation is 1. The van der Waals surface area contributed by atoms with Crippen LogP contribution in [0.5, 0.6) is 0 Å². The SMILES string of the molecule is CCOC(=O)c1cnc2ccc(C)cc2c1Nc1cccc([N+](=O)[O-])c1. The van der Waals surface area contributed by atoms with Gasteiger partial charge in [-0.15, -0.1) is 0 Å². The van der Waals surface area contributed by atoms with Gasteiger partial charge in [0.25, 0.3) is 5.69 Å². The van der Waals surface area contributed by atoms with Crippen molar-refractivity contribution in [3.05, 3.63) is 69.9 Å². The van der Waals surface area contributed by atoms with Gasteiger partial charge in [0.2, 0.25) is 0 Å². The number of carbonyl (C=O) groups is 1. The zero-order valence-electron chi connectivity index (χ0n) is 14.4. The second-order valence-corrected chi connectivity index (χ2v) is 5.72. The summed E-state index contributed by atoms with van der Waals surface area (Å²) in [6, 6.07) is 11.8. The summed E-state index contributed by atoms with van der Waals surface area (Å²) >= 11 is 0. The molecular weight excluding hydrogens is 334 g/mol. The van der Waals surface area contributed by atoms with Gasteiger partial charge >= 0.3 is 5.97 Å². The lowest BCUT2D eigenvalue weighted by Crippen LogP contribution is -2.09. The van der Waals surface area contributed by atoms with E-state index >= 15 is 0 Å². The van der Waals surface area contributed by atoms with E-state index in [1.54, 1.807) is 19.1 Å². The average Bonchev–Trinajstić information content (AvgIpc) is 2.62. The van der Waals surface area contributed by atoms with Crippen LogP contribution in [0, 0.1) is 17.0 Å². The summed E-state index contributed by atoms with van der Waals surface area (Å²) < 4.78 is 5.12. The maximum atomic E-state index is 12.3. The molecule has 0 spiro atoms. The van der Waals surface area contributed by atoms with Crippen LogP contribution in [-0.2, 0) is 4.74 Å². The number of non-ortho nitro benzene ring substituents is 1. The van der Waals surface area contributed by atoms with Crippen LogP contribution in [-0.4, -0.2) is 22.5 Å². The molecule has 0 aliphatic heterocycles. The lowest BCUT2D eigenvalue weighted by Gasteiger charge is -2.14. The molecule has 7 nitrogen and oxygen atoms in total. The molecule has 0 bridgehead atoms. The van der Waals surface area contributed by atoms with Crippen LogP contribution in [0.15, 0.2) is 48.7 Å². The van der Waals surface area contributed by atoms with E-state index in [0.29, 0.717) is 16.9 Å². The molecule has 1 N–H and O–H groups in total. The molecule has 0 saturated carbocycles.